The smallest absolute Gasteiger partial charge is 0.311 e. The third-order valence-electron chi connectivity index (χ3n) is 2.12. The molecule has 0 aliphatic heterocycles. The Hall–Kier alpha value is -2.38. The standard InChI is InChI=1S/C10H15N5O3/c1-3-12-9(16)6-13-10-7(15(17)18)4-5-8(11-2)14-10/h4-5H,3,6H2,1-2H3,(H,12,16)(H2,11,13,14). The van der Waals surface area contributed by atoms with Gasteiger partial charge in [0.2, 0.25) is 11.7 Å². The summed E-state index contributed by atoms with van der Waals surface area (Å²) < 4.78 is 0. The fourth-order valence-corrected chi connectivity index (χ4v) is 1.29. The summed E-state index contributed by atoms with van der Waals surface area (Å²) in [6, 6.07) is 2.83. The molecule has 1 rings (SSSR count). The first-order chi connectivity index (χ1) is 8.58. The molecule has 1 aromatic heterocycles. The number of rotatable bonds is 6. The highest BCUT2D eigenvalue weighted by molar-refractivity contribution is 5.81. The Bertz CT molecular complexity index is 449. The summed E-state index contributed by atoms with van der Waals surface area (Å²) in [6.45, 7) is 2.24. The Morgan fingerprint density at radius 3 is 2.78 bits per heavy atom. The van der Waals surface area contributed by atoms with E-state index in [1.54, 1.807) is 14.0 Å². The molecule has 0 unspecified atom stereocenters. The number of aromatic nitrogens is 1. The minimum atomic E-state index is -0.549. The molecule has 0 bridgehead atoms. The Morgan fingerprint density at radius 1 is 1.50 bits per heavy atom. The molecule has 0 atom stereocenters. The van der Waals surface area contributed by atoms with E-state index in [4.69, 9.17) is 0 Å². The molecule has 0 aromatic carbocycles. The van der Waals surface area contributed by atoms with Gasteiger partial charge in [0.25, 0.3) is 0 Å². The second-order valence-electron chi connectivity index (χ2n) is 3.38. The summed E-state index contributed by atoms with van der Waals surface area (Å²) in [5.74, 6) is 0.306. The number of pyridine rings is 1. The van der Waals surface area contributed by atoms with E-state index in [1.165, 1.54) is 12.1 Å². The number of likely N-dealkylation sites (N-methyl/N-ethyl adjacent to an activating group) is 1. The Morgan fingerprint density at radius 2 is 2.22 bits per heavy atom. The Labute approximate surface area is 104 Å². The van der Waals surface area contributed by atoms with E-state index >= 15 is 0 Å². The first-order valence-electron chi connectivity index (χ1n) is 5.42. The maximum Gasteiger partial charge on any atom is 0.311 e. The number of nitrogens with zero attached hydrogens (tertiary/aromatic N) is 2. The number of carbonyl (C=O) groups excluding carboxylic acids is 1. The van der Waals surface area contributed by atoms with E-state index in [1.807, 2.05) is 0 Å². The SMILES string of the molecule is CCNC(=O)CNc1nc(NC)ccc1[N+](=O)[O-]. The Balaban J connectivity index is 2.84. The maximum absolute atomic E-state index is 11.3. The molecule has 0 radical (unpaired) electrons. The van der Waals surface area contributed by atoms with Crippen LogP contribution in [0.15, 0.2) is 12.1 Å². The summed E-state index contributed by atoms with van der Waals surface area (Å²) in [6.07, 6.45) is 0. The molecule has 8 heteroatoms. The quantitative estimate of drug-likeness (QED) is 0.505. The van der Waals surface area contributed by atoms with Crippen molar-refractivity contribution < 1.29 is 9.72 Å². The molecule has 18 heavy (non-hydrogen) atoms. The molecule has 0 spiro atoms. The highest BCUT2D eigenvalue weighted by Gasteiger charge is 2.16. The lowest BCUT2D eigenvalue weighted by Crippen LogP contribution is -2.29. The summed E-state index contributed by atoms with van der Waals surface area (Å²) in [7, 11) is 1.65. The van der Waals surface area contributed by atoms with Crippen LogP contribution in [0.4, 0.5) is 17.3 Å². The largest absolute Gasteiger partial charge is 0.373 e. The van der Waals surface area contributed by atoms with Gasteiger partial charge < -0.3 is 16.0 Å². The van der Waals surface area contributed by atoms with Gasteiger partial charge in [-0.05, 0) is 13.0 Å². The van der Waals surface area contributed by atoms with Crippen LogP contribution in [0.25, 0.3) is 0 Å². The lowest BCUT2D eigenvalue weighted by atomic mass is 10.3. The Kier molecular flexibility index (Phi) is 4.85. The molecule has 98 valence electrons. The number of anilines is 2. The average molecular weight is 253 g/mol. The monoisotopic (exact) mass is 253 g/mol. The van der Waals surface area contributed by atoms with Crippen molar-refractivity contribution in [2.45, 2.75) is 6.92 Å². The van der Waals surface area contributed by atoms with Crippen LogP contribution in [0.1, 0.15) is 6.92 Å². The van der Waals surface area contributed by atoms with Gasteiger partial charge in [0.05, 0.1) is 11.5 Å². The van der Waals surface area contributed by atoms with E-state index in [9.17, 15) is 14.9 Å². The van der Waals surface area contributed by atoms with E-state index in [2.05, 4.69) is 20.9 Å². The van der Waals surface area contributed by atoms with Crippen molar-refractivity contribution in [2.24, 2.45) is 0 Å². The lowest BCUT2D eigenvalue weighted by molar-refractivity contribution is -0.384. The summed E-state index contributed by atoms with van der Waals surface area (Å²) >= 11 is 0. The highest BCUT2D eigenvalue weighted by atomic mass is 16.6. The predicted octanol–water partition coefficient (Wildman–Crippen LogP) is 0.579. The number of nitro groups is 1. The second-order valence-corrected chi connectivity index (χ2v) is 3.38. The fraction of sp³-hybridized carbons (Fsp3) is 0.400. The van der Waals surface area contributed by atoms with Crippen LogP contribution in [-0.2, 0) is 4.79 Å². The van der Waals surface area contributed by atoms with Crippen LogP contribution in [0, 0.1) is 10.1 Å². The van der Waals surface area contributed by atoms with Gasteiger partial charge in [-0.1, -0.05) is 0 Å². The summed E-state index contributed by atoms with van der Waals surface area (Å²) in [5, 5.41) is 18.8. The van der Waals surface area contributed by atoms with Gasteiger partial charge in [-0.25, -0.2) is 4.98 Å². The zero-order valence-corrected chi connectivity index (χ0v) is 10.2. The molecule has 1 aromatic rings. The molecular formula is C10H15N5O3. The van der Waals surface area contributed by atoms with Gasteiger partial charge in [-0.3, -0.25) is 14.9 Å². The van der Waals surface area contributed by atoms with Crippen molar-refractivity contribution in [1.29, 1.82) is 0 Å². The zero-order valence-electron chi connectivity index (χ0n) is 10.2. The molecular weight excluding hydrogens is 238 g/mol. The third-order valence-corrected chi connectivity index (χ3v) is 2.12. The van der Waals surface area contributed by atoms with Gasteiger partial charge in [0.1, 0.15) is 5.82 Å². The van der Waals surface area contributed by atoms with E-state index < -0.39 is 4.92 Å². The predicted molar refractivity (Wildman–Crippen MR) is 67.6 cm³/mol. The fourth-order valence-electron chi connectivity index (χ4n) is 1.29. The van der Waals surface area contributed by atoms with Gasteiger partial charge in [0.15, 0.2) is 0 Å². The molecule has 1 amide bonds. The van der Waals surface area contributed by atoms with Crippen LogP contribution in [0.5, 0.6) is 0 Å². The maximum atomic E-state index is 11.3. The van der Waals surface area contributed by atoms with Crippen LogP contribution in [0.3, 0.4) is 0 Å². The molecule has 0 saturated carbocycles. The topological polar surface area (TPSA) is 109 Å². The lowest BCUT2D eigenvalue weighted by Gasteiger charge is -2.07. The van der Waals surface area contributed by atoms with Gasteiger partial charge in [0, 0.05) is 19.7 Å². The minimum absolute atomic E-state index is 0.0607. The average Bonchev–Trinajstić information content (AvgIpc) is 2.36. The van der Waals surface area contributed by atoms with Crippen LogP contribution >= 0.6 is 0 Å². The number of amides is 1. The molecule has 0 aliphatic carbocycles. The zero-order chi connectivity index (χ0) is 13.5. The third kappa shape index (κ3) is 3.58. The molecule has 3 N–H and O–H groups in total. The number of hydrogen-bond donors (Lipinski definition) is 3. The first-order valence-corrected chi connectivity index (χ1v) is 5.42. The summed E-state index contributed by atoms with van der Waals surface area (Å²) in [5.41, 5.74) is -0.168. The minimum Gasteiger partial charge on any atom is -0.373 e. The number of hydrogen-bond acceptors (Lipinski definition) is 6. The number of nitrogens with one attached hydrogen (secondary N) is 3. The van der Waals surface area contributed by atoms with E-state index in [0.717, 1.165) is 0 Å². The van der Waals surface area contributed by atoms with Crippen molar-refractivity contribution in [3.63, 3.8) is 0 Å². The first kappa shape index (κ1) is 13.7. The molecule has 1 heterocycles. The van der Waals surface area contributed by atoms with Crippen molar-refractivity contribution in [3.05, 3.63) is 22.2 Å². The van der Waals surface area contributed by atoms with Crippen LogP contribution in [-0.4, -0.2) is 36.0 Å². The molecule has 8 nitrogen and oxygen atoms in total. The van der Waals surface area contributed by atoms with Gasteiger partial charge in [-0.15, -0.1) is 0 Å². The summed E-state index contributed by atoms with van der Waals surface area (Å²) in [4.78, 5) is 25.5. The van der Waals surface area contributed by atoms with E-state index in [0.29, 0.717) is 12.4 Å². The second kappa shape index (κ2) is 6.38. The van der Waals surface area contributed by atoms with Crippen molar-refractivity contribution >= 4 is 23.2 Å². The van der Waals surface area contributed by atoms with Gasteiger partial charge >= 0.3 is 5.69 Å². The van der Waals surface area contributed by atoms with Crippen LogP contribution < -0.4 is 16.0 Å². The highest BCUT2D eigenvalue weighted by Crippen LogP contribution is 2.23. The molecule has 0 fully saturated rings. The molecule has 0 saturated heterocycles. The van der Waals surface area contributed by atoms with E-state index in [-0.39, 0.29) is 24.0 Å². The normalized spacial score (nSPS) is 9.67. The van der Waals surface area contributed by atoms with Crippen molar-refractivity contribution in [3.8, 4) is 0 Å². The molecule has 0 aliphatic rings. The van der Waals surface area contributed by atoms with Gasteiger partial charge in [-0.2, -0.15) is 0 Å². The van der Waals surface area contributed by atoms with Crippen LogP contribution in [0.2, 0.25) is 0 Å². The van der Waals surface area contributed by atoms with Crippen molar-refractivity contribution in [2.75, 3.05) is 30.8 Å². The van der Waals surface area contributed by atoms with Crippen molar-refractivity contribution in [1.82, 2.24) is 10.3 Å². The number of carbonyl (C=O) groups is 1.